The number of aryl methyl sites for hydroxylation is 4. The Labute approximate surface area is 357 Å². The molecule has 4 N–H and O–H groups in total. The monoisotopic (exact) mass is 827 g/mol. The van der Waals surface area contributed by atoms with Crippen molar-refractivity contribution >= 4 is 29.2 Å². The maximum Gasteiger partial charge on any atom is 0.304 e. The Kier molecular flexibility index (Phi) is 16.5. The molecule has 0 bridgehead atoms. The van der Waals surface area contributed by atoms with Crippen molar-refractivity contribution in [3.63, 3.8) is 0 Å². The number of hydrogen-bond acceptors (Lipinski definition) is 10. The molecular weight excluding hydrogens is 757 g/mol. The molecular formula is C47H70N8O5. The van der Waals surface area contributed by atoms with Gasteiger partial charge in [-0.2, -0.15) is 5.10 Å². The van der Waals surface area contributed by atoms with Crippen LogP contribution in [0.5, 0.6) is 0 Å². The van der Waals surface area contributed by atoms with Crippen LogP contribution in [-0.2, 0) is 27.2 Å². The van der Waals surface area contributed by atoms with Gasteiger partial charge in [-0.25, -0.2) is 9.67 Å². The lowest BCUT2D eigenvalue weighted by atomic mass is 9.93. The molecule has 0 radical (unpaired) electrons. The molecule has 328 valence electrons. The van der Waals surface area contributed by atoms with Gasteiger partial charge in [0.15, 0.2) is 0 Å². The summed E-state index contributed by atoms with van der Waals surface area (Å²) >= 11 is 0. The van der Waals surface area contributed by atoms with Gasteiger partial charge in [0, 0.05) is 87.6 Å². The number of carbonyl (C=O) groups is 3. The van der Waals surface area contributed by atoms with Crippen molar-refractivity contribution in [2.75, 3.05) is 69.1 Å². The molecule has 60 heavy (non-hydrogen) atoms. The molecule has 1 amide bonds. The van der Waals surface area contributed by atoms with E-state index in [2.05, 4.69) is 56.8 Å². The smallest absolute Gasteiger partial charge is 0.304 e. The van der Waals surface area contributed by atoms with Crippen LogP contribution in [-0.4, -0.2) is 118 Å². The van der Waals surface area contributed by atoms with Gasteiger partial charge >= 0.3 is 5.97 Å². The lowest BCUT2D eigenvalue weighted by Gasteiger charge is -2.37. The van der Waals surface area contributed by atoms with Crippen molar-refractivity contribution in [1.29, 1.82) is 0 Å². The molecule has 6 rings (SSSR count). The number of unbranched alkanes of at least 4 members (excludes halogenated alkanes) is 2. The normalized spacial score (nSPS) is 18.1. The highest BCUT2D eigenvalue weighted by Gasteiger charge is 2.29. The summed E-state index contributed by atoms with van der Waals surface area (Å²) in [6, 6.07) is 12.9. The van der Waals surface area contributed by atoms with Crippen molar-refractivity contribution in [2.45, 2.75) is 123 Å². The van der Waals surface area contributed by atoms with E-state index < -0.39 is 12.2 Å². The summed E-state index contributed by atoms with van der Waals surface area (Å²) in [7, 11) is 0. The van der Waals surface area contributed by atoms with E-state index in [1.54, 1.807) is 0 Å². The van der Waals surface area contributed by atoms with Crippen molar-refractivity contribution in [2.24, 2.45) is 11.8 Å². The van der Waals surface area contributed by atoms with E-state index in [-0.39, 0.29) is 24.2 Å². The van der Waals surface area contributed by atoms with E-state index in [0.717, 1.165) is 111 Å². The number of ketones is 1. The number of anilines is 2. The number of nitrogens with one attached hydrogen (secondary N) is 2. The van der Waals surface area contributed by atoms with Crippen LogP contribution in [0, 0.1) is 25.7 Å². The number of carboxylic acid groups (broad SMARTS) is 1. The largest absolute Gasteiger partial charge is 0.481 e. The minimum atomic E-state index is -0.803. The third-order valence-corrected chi connectivity index (χ3v) is 12.7. The number of amides is 1. The van der Waals surface area contributed by atoms with Crippen LogP contribution in [0.3, 0.4) is 0 Å². The topological polar surface area (TPSA) is 156 Å². The van der Waals surface area contributed by atoms with Crippen molar-refractivity contribution in [3.8, 4) is 5.69 Å². The molecule has 1 aromatic carbocycles. The highest BCUT2D eigenvalue weighted by Crippen LogP contribution is 2.33. The molecule has 0 spiro atoms. The number of aromatic nitrogens is 3. The highest BCUT2D eigenvalue weighted by molar-refractivity contribution is 5.80. The number of rotatable bonds is 22. The van der Waals surface area contributed by atoms with Crippen LogP contribution in [0.25, 0.3) is 5.69 Å². The molecule has 3 atom stereocenters. The Balaban J connectivity index is 1.03. The van der Waals surface area contributed by atoms with E-state index in [0.29, 0.717) is 76.7 Å². The summed E-state index contributed by atoms with van der Waals surface area (Å²) in [5.74, 6) is 1.10. The number of aliphatic carboxylic acids is 1. The molecule has 2 saturated heterocycles. The van der Waals surface area contributed by atoms with Gasteiger partial charge in [-0.1, -0.05) is 26.3 Å². The number of hydrogen-bond donors (Lipinski definition) is 4. The second-order valence-corrected chi connectivity index (χ2v) is 17.9. The molecule has 2 fully saturated rings. The maximum absolute atomic E-state index is 13.2. The van der Waals surface area contributed by atoms with Crippen molar-refractivity contribution in [1.82, 2.24) is 29.9 Å². The van der Waals surface area contributed by atoms with Gasteiger partial charge in [0.05, 0.1) is 17.8 Å². The predicted molar refractivity (Wildman–Crippen MR) is 237 cm³/mol. The van der Waals surface area contributed by atoms with E-state index >= 15 is 0 Å². The number of pyridine rings is 1. The van der Waals surface area contributed by atoms with Crippen molar-refractivity contribution in [3.05, 3.63) is 64.6 Å². The number of Topliss-reactive ketones (excluding diaryl/α,β-unsaturated/α-hetero) is 1. The number of piperazine rings is 1. The van der Waals surface area contributed by atoms with E-state index in [4.69, 9.17) is 10.1 Å². The van der Waals surface area contributed by atoms with Crippen LogP contribution in [0.4, 0.5) is 11.5 Å². The third-order valence-electron chi connectivity index (χ3n) is 12.7. The number of fused-ring (bicyclic) bond motifs is 1. The van der Waals surface area contributed by atoms with Gasteiger partial charge < -0.3 is 30.2 Å². The number of nitrogens with zero attached hydrogens (tertiary/aromatic N) is 6. The molecule has 5 heterocycles. The summed E-state index contributed by atoms with van der Waals surface area (Å²) in [4.78, 5) is 49.0. The number of benzene rings is 1. The number of aliphatic hydroxyl groups is 1. The van der Waals surface area contributed by atoms with Crippen LogP contribution >= 0.6 is 0 Å². The van der Waals surface area contributed by atoms with Crippen LogP contribution in [0.15, 0.2) is 36.4 Å². The first-order valence-corrected chi connectivity index (χ1v) is 22.7. The lowest BCUT2D eigenvalue weighted by molar-refractivity contribution is -0.137. The average molecular weight is 827 g/mol. The molecule has 3 aromatic rings. The highest BCUT2D eigenvalue weighted by atomic mass is 16.4. The van der Waals surface area contributed by atoms with Gasteiger partial charge in [-0.15, -0.1) is 0 Å². The average Bonchev–Trinajstić information content (AvgIpc) is 3.84. The van der Waals surface area contributed by atoms with Crippen LogP contribution in [0.1, 0.15) is 119 Å². The van der Waals surface area contributed by atoms with E-state index in [9.17, 15) is 24.6 Å². The Hall–Kier alpha value is -4.33. The van der Waals surface area contributed by atoms with Crippen LogP contribution in [0.2, 0.25) is 0 Å². The zero-order valence-corrected chi connectivity index (χ0v) is 36.6. The zero-order valence-electron chi connectivity index (χ0n) is 36.6. The van der Waals surface area contributed by atoms with Gasteiger partial charge in [0.1, 0.15) is 17.8 Å². The molecule has 0 saturated carbocycles. The second kappa shape index (κ2) is 22.0. The Bertz CT molecular complexity index is 1890. The fraction of sp³-hybridized carbons (Fsp3) is 0.638. The minimum absolute atomic E-state index is 0.0420. The summed E-state index contributed by atoms with van der Waals surface area (Å²) in [6.45, 7) is 14.7. The summed E-state index contributed by atoms with van der Waals surface area (Å²) in [5.41, 5.74) is 7.33. The van der Waals surface area contributed by atoms with Crippen LogP contribution < -0.4 is 15.5 Å². The standard InChI is InChI=1S/C47H70N8O5/c1-33(2)43(56)11-6-5-7-19-48-44(57)12-8-13-45(58)54-24-22-53(23-25-54)41-27-38(28-42(30-41)55-35(4)26-34(3)51-55)39(29-46(59)60)32-52-21-18-36(31-52)14-16-40-17-15-37-10-9-20-49-47(37)50-40/h15,17,26-28,30,33,36,39,44,48,57H,5-14,16,18-25,29,31-32H2,1-4H3,(H,49,50)(H,59,60)/t36-,39-,44?/m1/s1. The van der Waals surface area contributed by atoms with Gasteiger partial charge in [0.2, 0.25) is 5.91 Å². The quantitative estimate of drug-likeness (QED) is 0.0670. The maximum atomic E-state index is 13.2. The summed E-state index contributed by atoms with van der Waals surface area (Å²) in [5, 5.41) is 32.0. The zero-order chi connectivity index (χ0) is 42.6. The number of carboxylic acids is 1. The molecule has 3 aliphatic rings. The number of carbonyl (C=O) groups excluding carboxylic acids is 2. The Morgan fingerprint density at radius 3 is 2.50 bits per heavy atom. The fourth-order valence-corrected chi connectivity index (χ4v) is 9.11. The van der Waals surface area contributed by atoms with Crippen molar-refractivity contribution < 1.29 is 24.6 Å². The van der Waals surface area contributed by atoms with Gasteiger partial charge in [-0.3, -0.25) is 19.7 Å². The molecule has 13 nitrogen and oxygen atoms in total. The van der Waals surface area contributed by atoms with E-state index in [1.165, 1.54) is 5.56 Å². The number of likely N-dealkylation sites (tertiary alicyclic amines) is 1. The van der Waals surface area contributed by atoms with E-state index in [1.807, 2.05) is 37.3 Å². The fourth-order valence-electron chi connectivity index (χ4n) is 9.11. The number of aliphatic hydroxyl groups excluding tert-OH is 1. The SMILES string of the molecule is Cc1cc(C)n(-c2cc([C@H](CC(=O)O)CN3CC[C@@H](CCc4ccc5c(n4)NCCC5)C3)cc(N3CCN(C(=O)CCCC(O)NCCCCCC(=O)C(C)C)CC3)c2)n1. The Morgan fingerprint density at radius 2 is 1.75 bits per heavy atom. The molecule has 3 aliphatic heterocycles. The summed E-state index contributed by atoms with van der Waals surface area (Å²) < 4.78 is 1.95. The predicted octanol–water partition coefficient (Wildman–Crippen LogP) is 6.27. The minimum Gasteiger partial charge on any atom is -0.481 e. The van der Waals surface area contributed by atoms with Gasteiger partial charge in [0.25, 0.3) is 0 Å². The molecule has 0 aliphatic carbocycles. The second-order valence-electron chi connectivity index (χ2n) is 17.9. The first-order valence-electron chi connectivity index (χ1n) is 22.7. The first-order chi connectivity index (χ1) is 28.9. The lowest BCUT2D eigenvalue weighted by Crippen LogP contribution is -2.48. The third kappa shape index (κ3) is 13.1. The first kappa shape index (κ1) is 45.2. The molecule has 1 unspecified atom stereocenters. The summed E-state index contributed by atoms with van der Waals surface area (Å²) in [6.07, 6.45) is 9.64. The molecule has 2 aromatic heterocycles. The Morgan fingerprint density at radius 1 is 0.950 bits per heavy atom. The van der Waals surface area contributed by atoms with Gasteiger partial charge in [-0.05, 0) is 132 Å². The molecule has 13 heteroatoms.